The van der Waals surface area contributed by atoms with Crippen LogP contribution in [-0.4, -0.2) is 49.9 Å². The Morgan fingerprint density at radius 2 is 2.05 bits per heavy atom. The maximum atomic E-state index is 13.1. The van der Waals surface area contributed by atoms with E-state index in [-0.39, 0.29) is 29.1 Å². The number of amides is 1. The average molecular weight is 332 g/mol. The van der Waals surface area contributed by atoms with Gasteiger partial charge in [-0.1, -0.05) is 0 Å². The van der Waals surface area contributed by atoms with E-state index in [0.717, 1.165) is 12.1 Å². The second-order valence-electron chi connectivity index (χ2n) is 5.50. The van der Waals surface area contributed by atoms with Crippen molar-refractivity contribution in [3.8, 4) is 0 Å². The summed E-state index contributed by atoms with van der Waals surface area (Å²) in [4.78, 5) is 13.7. The van der Waals surface area contributed by atoms with Crippen LogP contribution in [0.3, 0.4) is 0 Å². The van der Waals surface area contributed by atoms with Crippen LogP contribution in [0.2, 0.25) is 0 Å². The van der Waals surface area contributed by atoms with Crippen molar-refractivity contribution in [2.24, 2.45) is 0 Å². The molecule has 0 radical (unpaired) electrons. The summed E-state index contributed by atoms with van der Waals surface area (Å²) in [6.45, 7) is 1.59. The summed E-state index contributed by atoms with van der Waals surface area (Å²) in [7, 11) is -1.52. The highest BCUT2D eigenvalue weighted by Crippen LogP contribution is 2.19. The lowest BCUT2D eigenvalue weighted by Gasteiger charge is -2.27. The van der Waals surface area contributed by atoms with Crippen molar-refractivity contribution < 1.29 is 22.0 Å². The zero-order chi connectivity index (χ0) is 16.5. The molecule has 1 N–H and O–H groups in total. The molecule has 1 heterocycles. The minimum Gasteiger partial charge on any atom is -0.374 e. The topological polar surface area (TPSA) is 66.5 Å². The number of anilines is 1. The van der Waals surface area contributed by atoms with Crippen molar-refractivity contribution in [3.63, 3.8) is 0 Å². The van der Waals surface area contributed by atoms with Crippen molar-refractivity contribution in [2.75, 3.05) is 23.9 Å². The van der Waals surface area contributed by atoms with E-state index in [1.165, 1.54) is 11.0 Å². The number of rotatable bonds is 4. The Kier molecular flexibility index (Phi) is 4.69. The van der Waals surface area contributed by atoms with Gasteiger partial charge in [-0.3, -0.25) is 4.79 Å². The lowest BCUT2D eigenvalue weighted by atomic mass is 10.2. The molecule has 8 heteroatoms. The largest absolute Gasteiger partial charge is 0.374 e. The number of nitrogens with zero attached hydrogens (tertiary/aromatic N) is 1. The molecule has 2 atom stereocenters. The molecule has 1 aliphatic heterocycles. The molecule has 1 fully saturated rings. The third-order valence-corrected chi connectivity index (χ3v) is 5.53. The van der Waals surface area contributed by atoms with Gasteiger partial charge in [-0.15, -0.1) is 0 Å². The standard InChI is InChI=1S/C14H18F2N2O3S/c1-9(17-10-3-4-12(15)13(16)7-10)14(19)18(2)11-5-6-22(20,21)8-11/h3-4,7,9,11,17H,5-6,8H2,1-2H3. The van der Waals surface area contributed by atoms with Crippen molar-refractivity contribution in [2.45, 2.75) is 25.4 Å². The molecule has 5 nitrogen and oxygen atoms in total. The molecule has 2 unspecified atom stereocenters. The molecule has 0 spiro atoms. The Morgan fingerprint density at radius 3 is 2.59 bits per heavy atom. The third-order valence-electron chi connectivity index (χ3n) is 3.78. The van der Waals surface area contributed by atoms with E-state index in [4.69, 9.17) is 0 Å². The van der Waals surface area contributed by atoms with Crippen molar-refractivity contribution in [1.29, 1.82) is 0 Å². The number of sulfone groups is 1. The van der Waals surface area contributed by atoms with Gasteiger partial charge in [0, 0.05) is 24.8 Å². The minimum absolute atomic E-state index is 0.0346. The van der Waals surface area contributed by atoms with Crippen LogP contribution in [0.25, 0.3) is 0 Å². The highest BCUT2D eigenvalue weighted by molar-refractivity contribution is 7.91. The number of benzene rings is 1. The highest BCUT2D eigenvalue weighted by Gasteiger charge is 2.34. The van der Waals surface area contributed by atoms with Gasteiger partial charge in [0.2, 0.25) is 5.91 Å². The van der Waals surface area contributed by atoms with Gasteiger partial charge < -0.3 is 10.2 Å². The summed E-state index contributed by atoms with van der Waals surface area (Å²) in [5.41, 5.74) is 0.284. The van der Waals surface area contributed by atoms with Gasteiger partial charge in [0.25, 0.3) is 0 Å². The van der Waals surface area contributed by atoms with Crippen molar-refractivity contribution in [1.82, 2.24) is 4.90 Å². The minimum atomic E-state index is -3.07. The van der Waals surface area contributed by atoms with Gasteiger partial charge in [0.1, 0.15) is 6.04 Å². The molecular weight excluding hydrogens is 314 g/mol. The van der Waals surface area contributed by atoms with Gasteiger partial charge in [-0.25, -0.2) is 17.2 Å². The second-order valence-corrected chi connectivity index (χ2v) is 7.73. The van der Waals surface area contributed by atoms with Crippen LogP contribution < -0.4 is 5.32 Å². The number of carbonyl (C=O) groups excluding carboxylic acids is 1. The Bertz CT molecular complexity index is 679. The zero-order valence-electron chi connectivity index (χ0n) is 12.3. The predicted octanol–water partition coefficient (Wildman–Crippen LogP) is 1.41. The van der Waals surface area contributed by atoms with E-state index >= 15 is 0 Å². The molecule has 0 saturated carbocycles. The highest BCUT2D eigenvalue weighted by atomic mass is 32.2. The smallest absolute Gasteiger partial charge is 0.244 e. The van der Waals surface area contributed by atoms with Gasteiger partial charge in [-0.05, 0) is 25.5 Å². The van der Waals surface area contributed by atoms with Crippen LogP contribution >= 0.6 is 0 Å². The van der Waals surface area contributed by atoms with E-state index in [0.29, 0.717) is 6.42 Å². The summed E-state index contributed by atoms with van der Waals surface area (Å²) in [5.74, 6) is -2.21. The molecule has 1 aromatic rings. The molecular formula is C14H18F2N2O3S. The number of halogens is 2. The lowest BCUT2D eigenvalue weighted by Crippen LogP contribution is -2.45. The first-order valence-corrected chi connectivity index (χ1v) is 8.70. The first-order valence-electron chi connectivity index (χ1n) is 6.88. The van der Waals surface area contributed by atoms with Crippen LogP contribution in [0.15, 0.2) is 18.2 Å². The van der Waals surface area contributed by atoms with Gasteiger partial charge in [0.05, 0.1) is 11.5 Å². The Hall–Kier alpha value is -1.70. The fourth-order valence-electron chi connectivity index (χ4n) is 2.46. The summed E-state index contributed by atoms with van der Waals surface area (Å²) in [5, 5.41) is 2.79. The van der Waals surface area contributed by atoms with E-state index < -0.39 is 27.5 Å². The molecule has 1 amide bonds. The molecule has 2 rings (SSSR count). The molecule has 1 aromatic carbocycles. The zero-order valence-corrected chi connectivity index (χ0v) is 13.2. The average Bonchev–Trinajstić information content (AvgIpc) is 2.81. The quantitative estimate of drug-likeness (QED) is 0.905. The van der Waals surface area contributed by atoms with E-state index in [1.807, 2.05) is 0 Å². The van der Waals surface area contributed by atoms with E-state index in [1.54, 1.807) is 14.0 Å². The molecule has 0 bridgehead atoms. The maximum Gasteiger partial charge on any atom is 0.244 e. The van der Waals surface area contributed by atoms with E-state index in [9.17, 15) is 22.0 Å². The van der Waals surface area contributed by atoms with Gasteiger partial charge in [0.15, 0.2) is 21.5 Å². The second kappa shape index (κ2) is 6.20. The lowest BCUT2D eigenvalue weighted by molar-refractivity contribution is -0.132. The van der Waals surface area contributed by atoms with Crippen LogP contribution in [-0.2, 0) is 14.6 Å². The summed E-state index contributed by atoms with van der Waals surface area (Å²) in [6.07, 6.45) is 0.419. The molecule has 22 heavy (non-hydrogen) atoms. The number of nitrogens with one attached hydrogen (secondary N) is 1. The first-order chi connectivity index (χ1) is 10.2. The van der Waals surface area contributed by atoms with Crippen LogP contribution in [0.5, 0.6) is 0 Å². The number of hydrogen-bond donors (Lipinski definition) is 1. The first kappa shape index (κ1) is 16.7. The maximum absolute atomic E-state index is 13.1. The predicted molar refractivity (Wildman–Crippen MR) is 79.3 cm³/mol. The Morgan fingerprint density at radius 1 is 1.36 bits per heavy atom. The van der Waals surface area contributed by atoms with Gasteiger partial charge in [-0.2, -0.15) is 0 Å². The molecule has 0 aliphatic carbocycles. The van der Waals surface area contributed by atoms with Crippen LogP contribution in [0, 0.1) is 11.6 Å². The fourth-order valence-corrected chi connectivity index (χ4v) is 4.24. The van der Waals surface area contributed by atoms with Crippen molar-refractivity contribution >= 4 is 21.4 Å². The number of hydrogen-bond acceptors (Lipinski definition) is 4. The Balaban J connectivity index is 2.01. The molecule has 1 saturated heterocycles. The Labute approximate surface area is 128 Å². The van der Waals surface area contributed by atoms with Gasteiger partial charge >= 0.3 is 0 Å². The van der Waals surface area contributed by atoms with E-state index in [2.05, 4.69) is 5.32 Å². The van der Waals surface area contributed by atoms with Crippen LogP contribution in [0.1, 0.15) is 13.3 Å². The number of likely N-dealkylation sites (N-methyl/N-ethyl adjacent to an activating group) is 1. The summed E-state index contributed by atoms with van der Waals surface area (Å²) in [6, 6.07) is 2.26. The molecule has 1 aliphatic rings. The summed E-state index contributed by atoms with van der Waals surface area (Å²) < 4.78 is 48.9. The monoisotopic (exact) mass is 332 g/mol. The number of carbonyl (C=O) groups is 1. The molecule has 122 valence electrons. The van der Waals surface area contributed by atoms with Crippen molar-refractivity contribution in [3.05, 3.63) is 29.8 Å². The normalized spacial score (nSPS) is 21.4. The summed E-state index contributed by atoms with van der Waals surface area (Å²) >= 11 is 0. The fraction of sp³-hybridized carbons (Fsp3) is 0.500. The molecule has 0 aromatic heterocycles. The van der Waals surface area contributed by atoms with Crippen LogP contribution in [0.4, 0.5) is 14.5 Å². The SMILES string of the molecule is CC(Nc1ccc(F)c(F)c1)C(=O)N(C)C1CCS(=O)(=O)C1. The third kappa shape index (κ3) is 3.73.